The Labute approximate surface area is 147 Å². The zero-order chi connectivity index (χ0) is 17.0. The largest absolute Gasteiger partial charge is 0.459 e. The minimum Gasteiger partial charge on any atom is -0.459 e. The highest BCUT2D eigenvalue weighted by atomic mass is 32.2. The molecule has 0 fully saturated rings. The third kappa shape index (κ3) is 2.21. The second kappa shape index (κ2) is 5.35. The summed E-state index contributed by atoms with van der Waals surface area (Å²) in [4.78, 5) is 0.385. The van der Waals surface area contributed by atoms with Crippen LogP contribution in [0, 0.1) is 0 Å². The number of benzene rings is 2. The molecule has 0 saturated heterocycles. The molecule has 0 saturated carbocycles. The Morgan fingerprint density at radius 3 is 3.00 bits per heavy atom. The second-order valence-corrected chi connectivity index (χ2v) is 8.43. The lowest BCUT2D eigenvalue weighted by molar-refractivity contribution is 0.487. The van der Waals surface area contributed by atoms with Crippen molar-refractivity contribution in [3.8, 4) is 0 Å². The summed E-state index contributed by atoms with van der Waals surface area (Å²) in [7, 11) is -3.70. The van der Waals surface area contributed by atoms with E-state index < -0.39 is 9.84 Å². The van der Waals surface area contributed by atoms with E-state index in [1.165, 1.54) is 5.56 Å². The van der Waals surface area contributed by atoms with Crippen LogP contribution in [-0.2, 0) is 22.8 Å². The lowest BCUT2D eigenvalue weighted by atomic mass is 10.1. The van der Waals surface area contributed by atoms with Crippen LogP contribution in [-0.4, -0.2) is 23.7 Å². The van der Waals surface area contributed by atoms with E-state index in [9.17, 15) is 8.42 Å². The summed E-state index contributed by atoms with van der Waals surface area (Å²) in [5.41, 5.74) is 2.78. The fraction of sp³-hybridized carbons (Fsp3) is 0.176. The molecule has 0 unspecified atom stereocenters. The van der Waals surface area contributed by atoms with E-state index in [0.717, 1.165) is 35.8 Å². The summed E-state index contributed by atoms with van der Waals surface area (Å²) < 4.78 is 40.4. The molecular weight excluding hydrogens is 358 g/mol. The Kier molecular flexibility index (Phi) is 3.21. The molecular formula is C17H13N3O3S2. The second-order valence-electron chi connectivity index (χ2n) is 5.98. The average Bonchev–Trinajstić information content (AvgIpc) is 3.24. The van der Waals surface area contributed by atoms with Crippen molar-refractivity contribution in [2.24, 2.45) is 0 Å². The molecule has 0 spiro atoms. The van der Waals surface area contributed by atoms with E-state index in [0.29, 0.717) is 23.2 Å². The molecule has 1 aliphatic rings. The minimum absolute atomic E-state index is 0.177. The maximum Gasteiger partial charge on any atom is 0.208 e. The molecule has 0 bridgehead atoms. The third-order valence-corrected chi connectivity index (χ3v) is 6.86. The van der Waals surface area contributed by atoms with E-state index >= 15 is 0 Å². The van der Waals surface area contributed by atoms with Crippen molar-refractivity contribution >= 4 is 43.6 Å². The number of furan rings is 1. The lowest BCUT2D eigenvalue weighted by Crippen LogP contribution is -2.22. The van der Waals surface area contributed by atoms with Gasteiger partial charge in [-0.2, -0.15) is 8.75 Å². The molecule has 5 rings (SSSR count). The van der Waals surface area contributed by atoms with Gasteiger partial charge in [0.2, 0.25) is 9.84 Å². The standard InChI is InChI=1S/C17H13N3O3S2/c21-25(22,16-3-1-2-13-17(16)20-24-19-13)10-4-5-11-12-6-7-18-9-15(12)23-14(11)8-10/h1-5,8,18H,6-7,9H2. The highest BCUT2D eigenvalue weighted by molar-refractivity contribution is 7.91. The van der Waals surface area contributed by atoms with Crippen molar-refractivity contribution in [1.82, 2.24) is 14.1 Å². The number of nitrogens with one attached hydrogen (secondary N) is 1. The van der Waals surface area contributed by atoms with Crippen LogP contribution in [0.15, 0.2) is 50.6 Å². The van der Waals surface area contributed by atoms with Crippen molar-refractivity contribution in [2.75, 3.05) is 6.54 Å². The van der Waals surface area contributed by atoms with Gasteiger partial charge in [-0.25, -0.2) is 8.42 Å². The normalized spacial score (nSPS) is 14.9. The molecule has 6 nitrogen and oxygen atoms in total. The van der Waals surface area contributed by atoms with Gasteiger partial charge < -0.3 is 9.73 Å². The van der Waals surface area contributed by atoms with E-state index in [1.807, 2.05) is 6.07 Å². The number of nitrogens with zero attached hydrogens (tertiary/aromatic N) is 2. The van der Waals surface area contributed by atoms with Crippen LogP contribution in [0.2, 0.25) is 0 Å². The molecule has 4 aromatic rings. The van der Waals surface area contributed by atoms with E-state index in [4.69, 9.17) is 4.42 Å². The van der Waals surface area contributed by atoms with E-state index in [1.54, 1.807) is 30.3 Å². The molecule has 1 aliphatic heterocycles. The lowest BCUT2D eigenvalue weighted by Gasteiger charge is -2.10. The van der Waals surface area contributed by atoms with Gasteiger partial charge in [0.05, 0.1) is 23.2 Å². The van der Waals surface area contributed by atoms with Gasteiger partial charge in [0.25, 0.3) is 0 Å². The van der Waals surface area contributed by atoms with Crippen molar-refractivity contribution < 1.29 is 12.8 Å². The van der Waals surface area contributed by atoms with Gasteiger partial charge >= 0.3 is 0 Å². The Morgan fingerprint density at radius 1 is 1.16 bits per heavy atom. The average molecular weight is 371 g/mol. The van der Waals surface area contributed by atoms with Crippen LogP contribution in [0.1, 0.15) is 11.3 Å². The van der Waals surface area contributed by atoms with Crippen molar-refractivity contribution in [3.05, 3.63) is 47.7 Å². The number of hydrogen-bond acceptors (Lipinski definition) is 7. The molecule has 8 heteroatoms. The minimum atomic E-state index is -3.70. The molecule has 0 amide bonds. The molecule has 3 heterocycles. The van der Waals surface area contributed by atoms with Crippen LogP contribution in [0.3, 0.4) is 0 Å². The zero-order valence-corrected chi connectivity index (χ0v) is 14.7. The maximum atomic E-state index is 13.1. The number of hydrogen-bond donors (Lipinski definition) is 1. The highest BCUT2D eigenvalue weighted by Crippen LogP contribution is 2.33. The van der Waals surface area contributed by atoms with Gasteiger partial charge in [-0.15, -0.1) is 0 Å². The topological polar surface area (TPSA) is 85.1 Å². The molecule has 126 valence electrons. The Hall–Kier alpha value is -2.29. The summed E-state index contributed by atoms with van der Waals surface area (Å²) in [6, 6.07) is 10.1. The van der Waals surface area contributed by atoms with Gasteiger partial charge in [0, 0.05) is 17.0 Å². The Bertz CT molecular complexity index is 1220. The fourth-order valence-electron chi connectivity index (χ4n) is 3.31. The summed E-state index contributed by atoms with van der Waals surface area (Å²) in [5.74, 6) is 0.890. The quantitative estimate of drug-likeness (QED) is 0.583. The molecule has 0 atom stereocenters. The van der Waals surface area contributed by atoms with Gasteiger partial charge in [0.1, 0.15) is 27.3 Å². The number of fused-ring (bicyclic) bond motifs is 4. The molecule has 2 aromatic heterocycles. The molecule has 1 N–H and O–H groups in total. The predicted octanol–water partition coefficient (Wildman–Crippen LogP) is 2.92. The number of sulfone groups is 1. The van der Waals surface area contributed by atoms with Crippen molar-refractivity contribution in [2.45, 2.75) is 22.8 Å². The summed E-state index contributed by atoms with van der Waals surface area (Å²) in [6.07, 6.45) is 0.887. The first-order valence-corrected chi connectivity index (χ1v) is 10.1. The summed E-state index contributed by atoms with van der Waals surface area (Å²) >= 11 is 1.01. The third-order valence-electron chi connectivity index (χ3n) is 4.53. The Morgan fingerprint density at radius 2 is 2.08 bits per heavy atom. The predicted molar refractivity (Wildman–Crippen MR) is 94.5 cm³/mol. The molecule has 25 heavy (non-hydrogen) atoms. The first-order valence-electron chi connectivity index (χ1n) is 7.86. The van der Waals surface area contributed by atoms with Gasteiger partial charge in [-0.05, 0) is 37.2 Å². The van der Waals surface area contributed by atoms with Gasteiger partial charge in [-0.1, -0.05) is 6.07 Å². The Balaban J connectivity index is 1.70. The maximum absolute atomic E-state index is 13.1. The van der Waals surface area contributed by atoms with Crippen molar-refractivity contribution in [3.63, 3.8) is 0 Å². The van der Waals surface area contributed by atoms with Crippen LogP contribution in [0.4, 0.5) is 0 Å². The first-order chi connectivity index (χ1) is 12.1. The molecule has 0 radical (unpaired) electrons. The molecule has 0 aliphatic carbocycles. The van der Waals surface area contributed by atoms with Crippen molar-refractivity contribution in [1.29, 1.82) is 0 Å². The van der Waals surface area contributed by atoms with Crippen LogP contribution >= 0.6 is 11.7 Å². The fourth-order valence-corrected chi connectivity index (χ4v) is 5.34. The van der Waals surface area contributed by atoms with E-state index in [-0.39, 0.29) is 9.79 Å². The van der Waals surface area contributed by atoms with Crippen LogP contribution in [0.5, 0.6) is 0 Å². The van der Waals surface area contributed by atoms with Gasteiger partial charge in [-0.3, -0.25) is 0 Å². The SMILES string of the molecule is O=S(=O)(c1ccc2c3c(oc2c1)CNCC3)c1cccc2nsnc12. The number of aromatic nitrogens is 2. The number of rotatable bonds is 2. The van der Waals surface area contributed by atoms with Gasteiger partial charge in [0.15, 0.2) is 0 Å². The zero-order valence-electron chi connectivity index (χ0n) is 13.0. The van der Waals surface area contributed by atoms with Crippen LogP contribution < -0.4 is 5.32 Å². The molecule has 2 aromatic carbocycles. The highest BCUT2D eigenvalue weighted by Gasteiger charge is 2.24. The first kappa shape index (κ1) is 15.0. The van der Waals surface area contributed by atoms with E-state index in [2.05, 4.69) is 14.1 Å². The monoisotopic (exact) mass is 371 g/mol. The summed E-state index contributed by atoms with van der Waals surface area (Å²) in [5, 5.41) is 4.25. The van der Waals surface area contributed by atoms with Crippen LogP contribution in [0.25, 0.3) is 22.0 Å². The smallest absolute Gasteiger partial charge is 0.208 e. The summed E-state index contributed by atoms with van der Waals surface area (Å²) in [6.45, 7) is 1.58.